The van der Waals surface area contributed by atoms with Crippen molar-refractivity contribution in [2.24, 2.45) is 5.73 Å². The molecular formula is C22H16ClN3O4. The first-order chi connectivity index (χ1) is 14.5. The highest BCUT2D eigenvalue weighted by Crippen LogP contribution is 2.37. The summed E-state index contributed by atoms with van der Waals surface area (Å²) in [5.74, 6) is 2.46. The van der Waals surface area contributed by atoms with E-state index in [4.69, 9.17) is 31.5 Å². The van der Waals surface area contributed by atoms with Gasteiger partial charge in [-0.15, -0.1) is 0 Å². The molecule has 0 fully saturated rings. The number of imidazole rings is 1. The largest absolute Gasteiger partial charge is 0.454 e. The number of nitrogens with one attached hydrogen (secondary N) is 1. The van der Waals surface area contributed by atoms with E-state index in [2.05, 4.69) is 9.97 Å². The molecule has 0 saturated heterocycles. The predicted molar refractivity (Wildman–Crippen MR) is 112 cm³/mol. The van der Waals surface area contributed by atoms with E-state index in [0.717, 1.165) is 22.2 Å². The third kappa shape index (κ3) is 3.51. The lowest BCUT2D eigenvalue weighted by Gasteiger charge is -2.07. The zero-order valence-corrected chi connectivity index (χ0v) is 16.4. The summed E-state index contributed by atoms with van der Waals surface area (Å²) in [7, 11) is 0. The topological polar surface area (TPSA) is 99.5 Å². The molecule has 1 amide bonds. The quantitative estimate of drug-likeness (QED) is 0.499. The molecule has 0 atom stereocenters. The van der Waals surface area contributed by atoms with Crippen LogP contribution in [0.25, 0.3) is 22.4 Å². The number of carbonyl (C=O) groups excluding carboxylic acids is 1. The van der Waals surface area contributed by atoms with E-state index in [0.29, 0.717) is 40.0 Å². The zero-order valence-electron chi connectivity index (χ0n) is 15.6. The summed E-state index contributed by atoms with van der Waals surface area (Å²) in [5.41, 5.74) is 9.58. The number of H-pyrrole nitrogens is 1. The first-order valence-corrected chi connectivity index (χ1v) is 9.57. The van der Waals surface area contributed by atoms with Crippen LogP contribution < -0.4 is 19.9 Å². The standard InChI is InChI=1S/C22H16ClN3O4/c23-16-10-20-19(28-11-29-20)8-14(16)7-12-1-3-13(4-2-12)21-25-17-6-5-15(30-22(24)27)9-18(17)26-21/h1-6,8-10H,7,11H2,(H2,24,27)(H,25,26). The lowest BCUT2D eigenvalue weighted by Crippen LogP contribution is -2.16. The molecule has 0 aliphatic carbocycles. The molecule has 3 aromatic carbocycles. The molecule has 0 spiro atoms. The molecular weight excluding hydrogens is 406 g/mol. The Bertz CT molecular complexity index is 1270. The number of hydrogen-bond acceptors (Lipinski definition) is 5. The maximum atomic E-state index is 10.9. The van der Waals surface area contributed by atoms with Crippen molar-refractivity contribution in [1.29, 1.82) is 0 Å². The minimum atomic E-state index is -0.858. The van der Waals surface area contributed by atoms with Crippen LogP contribution in [-0.4, -0.2) is 22.9 Å². The maximum absolute atomic E-state index is 10.9. The molecule has 30 heavy (non-hydrogen) atoms. The Labute approximate surface area is 176 Å². The van der Waals surface area contributed by atoms with Crippen LogP contribution in [0.4, 0.5) is 4.79 Å². The van der Waals surface area contributed by atoms with E-state index in [-0.39, 0.29) is 6.79 Å². The normalized spacial score (nSPS) is 12.3. The number of amides is 1. The average Bonchev–Trinajstić information content (AvgIpc) is 3.34. The van der Waals surface area contributed by atoms with Crippen LogP contribution >= 0.6 is 11.6 Å². The van der Waals surface area contributed by atoms with Crippen LogP contribution in [0.2, 0.25) is 5.02 Å². The lowest BCUT2D eigenvalue weighted by molar-refractivity contribution is 0.174. The van der Waals surface area contributed by atoms with Crippen molar-refractivity contribution in [2.75, 3.05) is 6.79 Å². The molecule has 3 N–H and O–H groups in total. The molecule has 0 saturated carbocycles. The van der Waals surface area contributed by atoms with Gasteiger partial charge in [0.2, 0.25) is 6.79 Å². The molecule has 1 aliphatic rings. The Hall–Kier alpha value is -3.71. The summed E-state index contributed by atoms with van der Waals surface area (Å²) in [6.07, 6.45) is -0.188. The second-order valence-electron chi connectivity index (χ2n) is 6.86. The van der Waals surface area contributed by atoms with Crippen LogP contribution in [0.1, 0.15) is 11.1 Å². The van der Waals surface area contributed by atoms with Crippen LogP contribution in [0.15, 0.2) is 54.6 Å². The molecule has 1 aromatic heterocycles. The number of benzene rings is 3. The monoisotopic (exact) mass is 421 g/mol. The Morgan fingerprint density at radius 3 is 2.63 bits per heavy atom. The second kappa shape index (κ2) is 7.27. The second-order valence-corrected chi connectivity index (χ2v) is 7.26. The molecule has 150 valence electrons. The van der Waals surface area contributed by atoms with Gasteiger partial charge in [0.25, 0.3) is 0 Å². The van der Waals surface area contributed by atoms with Gasteiger partial charge in [-0.3, -0.25) is 0 Å². The van der Waals surface area contributed by atoms with E-state index < -0.39 is 6.09 Å². The van der Waals surface area contributed by atoms with Gasteiger partial charge in [0.1, 0.15) is 11.6 Å². The van der Waals surface area contributed by atoms with Crippen LogP contribution in [-0.2, 0) is 6.42 Å². The molecule has 5 rings (SSSR count). The number of primary amides is 1. The highest BCUT2D eigenvalue weighted by Gasteiger charge is 2.17. The Morgan fingerprint density at radius 1 is 1.10 bits per heavy atom. The van der Waals surface area contributed by atoms with Gasteiger partial charge in [-0.2, -0.15) is 0 Å². The van der Waals surface area contributed by atoms with Crippen molar-refractivity contribution < 1.29 is 19.0 Å². The first-order valence-electron chi connectivity index (χ1n) is 9.19. The van der Waals surface area contributed by atoms with Gasteiger partial charge in [0, 0.05) is 22.7 Å². The average molecular weight is 422 g/mol. The highest BCUT2D eigenvalue weighted by molar-refractivity contribution is 6.31. The number of halogens is 1. The molecule has 0 unspecified atom stereocenters. The Kier molecular flexibility index (Phi) is 4.44. The van der Waals surface area contributed by atoms with Crippen LogP contribution in [0.3, 0.4) is 0 Å². The maximum Gasteiger partial charge on any atom is 0.409 e. The summed E-state index contributed by atoms with van der Waals surface area (Å²) < 4.78 is 15.7. The minimum Gasteiger partial charge on any atom is -0.454 e. The van der Waals surface area contributed by atoms with Gasteiger partial charge in [-0.05, 0) is 35.7 Å². The van der Waals surface area contributed by atoms with Crippen molar-refractivity contribution in [3.8, 4) is 28.6 Å². The number of nitrogens with zero attached hydrogens (tertiary/aromatic N) is 1. The van der Waals surface area contributed by atoms with Crippen LogP contribution in [0.5, 0.6) is 17.2 Å². The SMILES string of the molecule is NC(=O)Oc1ccc2[nH]c(-c3ccc(Cc4cc5c(cc4Cl)OCO5)cc3)nc2c1. The molecule has 7 nitrogen and oxygen atoms in total. The fourth-order valence-electron chi connectivity index (χ4n) is 3.40. The van der Waals surface area contributed by atoms with E-state index in [1.165, 1.54) is 0 Å². The number of aromatic amines is 1. The predicted octanol–water partition coefficient (Wildman–Crippen LogP) is 4.66. The number of ether oxygens (including phenoxy) is 3. The van der Waals surface area contributed by atoms with Gasteiger partial charge >= 0.3 is 6.09 Å². The van der Waals surface area contributed by atoms with E-state index >= 15 is 0 Å². The molecule has 0 radical (unpaired) electrons. The van der Waals surface area contributed by atoms with Gasteiger partial charge in [-0.1, -0.05) is 35.9 Å². The molecule has 4 aromatic rings. The van der Waals surface area contributed by atoms with Crippen molar-refractivity contribution in [3.05, 3.63) is 70.7 Å². The summed E-state index contributed by atoms with van der Waals surface area (Å²) in [5, 5.41) is 0.648. The summed E-state index contributed by atoms with van der Waals surface area (Å²) >= 11 is 6.38. The first kappa shape index (κ1) is 18.3. The highest BCUT2D eigenvalue weighted by atomic mass is 35.5. The van der Waals surface area contributed by atoms with E-state index in [1.54, 1.807) is 24.3 Å². The van der Waals surface area contributed by atoms with Gasteiger partial charge in [0.15, 0.2) is 11.5 Å². The van der Waals surface area contributed by atoms with Crippen molar-refractivity contribution in [1.82, 2.24) is 9.97 Å². The Balaban J connectivity index is 1.38. The molecule has 8 heteroatoms. The van der Waals surface area contributed by atoms with Gasteiger partial charge in [-0.25, -0.2) is 9.78 Å². The molecule has 0 bridgehead atoms. The third-order valence-electron chi connectivity index (χ3n) is 4.84. The zero-order chi connectivity index (χ0) is 20.7. The fraction of sp³-hybridized carbons (Fsp3) is 0.0909. The lowest BCUT2D eigenvalue weighted by atomic mass is 10.0. The number of carbonyl (C=O) groups is 1. The summed E-state index contributed by atoms with van der Waals surface area (Å²) in [6.45, 7) is 0.220. The number of rotatable bonds is 4. The van der Waals surface area contributed by atoms with Gasteiger partial charge < -0.3 is 24.9 Å². The Morgan fingerprint density at radius 2 is 1.87 bits per heavy atom. The summed E-state index contributed by atoms with van der Waals surface area (Å²) in [4.78, 5) is 18.8. The summed E-state index contributed by atoms with van der Waals surface area (Å²) in [6, 6.07) is 16.9. The molecule has 1 aliphatic heterocycles. The minimum absolute atomic E-state index is 0.220. The number of aromatic nitrogens is 2. The van der Waals surface area contributed by atoms with E-state index in [9.17, 15) is 4.79 Å². The number of fused-ring (bicyclic) bond motifs is 2. The third-order valence-corrected chi connectivity index (χ3v) is 5.19. The smallest absolute Gasteiger partial charge is 0.409 e. The fourth-order valence-corrected chi connectivity index (χ4v) is 3.62. The van der Waals surface area contributed by atoms with Crippen molar-refractivity contribution >= 4 is 28.7 Å². The van der Waals surface area contributed by atoms with Crippen molar-refractivity contribution in [3.63, 3.8) is 0 Å². The van der Waals surface area contributed by atoms with E-state index in [1.807, 2.05) is 30.3 Å². The molecule has 2 heterocycles. The number of hydrogen-bond donors (Lipinski definition) is 2. The van der Waals surface area contributed by atoms with Crippen molar-refractivity contribution in [2.45, 2.75) is 6.42 Å². The number of nitrogens with two attached hydrogens (primary N) is 1. The van der Waals surface area contributed by atoms with Gasteiger partial charge in [0.05, 0.1) is 11.0 Å². The van der Waals surface area contributed by atoms with Crippen LogP contribution in [0, 0.1) is 0 Å².